The van der Waals surface area contributed by atoms with Crippen LogP contribution in [0.5, 0.6) is 0 Å². The van der Waals surface area contributed by atoms with E-state index in [9.17, 15) is 15.2 Å². The number of aromatic nitrogens is 4. The Kier molecular flexibility index (Phi) is 3.10. The van der Waals surface area contributed by atoms with Crippen LogP contribution in [0, 0.1) is 10.1 Å². The van der Waals surface area contributed by atoms with E-state index in [1.807, 2.05) is 0 Å². The van der Waals surface area contributed by atoms with Gasteiger partial charge in [-0.3, -0.25) is 15.1 Å². The lowest BCUT2D eigenvalue weighted by atomic mass is 10.1. The third-order valence-corrected chi connectivity index (χ3v) is 4.51. The molecule has 1 atom stereocenters. The molecule has 0 spiro atoms. The predicted molar refractivity (Wildman–Crippen MR) is 80.8 cm³/mol. The Hall–Kier alpha value is -2.78. The largest absolute Gasteiger partial charge is 0.368 e. The fourth-order valence-corrected chi connectivity index (χ4v) is 3.32. The molecule has 9 heteroatoms. The standard InChI is InChI=1S/C14H9N5O3S/c20-13-10-7-9(19(21)22)1-2-11(10)23-14-16-12(17-18(13)14)8-3-5-15-6-4-8/h1-7,13,20H/t13-/m0/s1. The molecule has 0 saturated carbocycles. The van der Waals surface area contributed by atoms with E-state index in [1.165, 1.54) is 28.6 Å². The molecule has 0 bridgehead atoms. The number of pyridine rings is 1. The zero-order chi connectivity index (χ0) is 16.0. The molecule has 1 aromatic carbocycles. The van der Waals surface area contributed by atoms with E-state index in [2.05, 4.69) is 15.1 Å². The van der Waals surface area contributed by atoms with Crippen LogP contribution in [0.3, 0.4) is 0 Å². The Labute approximate surface area is 134 Å². The molecule has 1 aliphatic heterocycles. The number of hydrogen-bond donors (Lipinski definition) is 1. The highest BCUT2D eigenvalue weighted by Gasteiger charge is 2.29. The molecule has 2 aromatic heterocycles. The van der Waals surface area contributed by atoms with Gasteiger partial charge in [-0.15, -0.1) is 5.10 Å². The van der Waals surface area contributed by atoms with Gasteiger partial charge in [0.2, 0.25) is 0 Å². The maximum Gasteiger partial charge on any atom is 0.269 e. The highest BCUT2D eigenvalue weighted by molar-refractivity contribution is 7.99. The summed E-state index contributed by atoms with van der Waals surface area (Å²) in [5.74, 6) is 0.469. The molecule has 114 valence electrons. The molecular formula is C14H9N5O3S. The summed E-state index contributed by atoms with van der Waals surface area (Å²) in [5.41, 5.74) is 1.16. The first-order chi connectivity index (χ1) is 11.1. The topological polar surface area (TPSA) is 107 Å². The number of benzene rings is 1. The maximum atomic E-state index is 10.9. The van der Waals surface area contributed by atoms with E-state index >= 15 is 0 Å². The van der Waals surface area contributed by atoms with Crippen LogP contribution in [0.2, 0.25) is 0 Å². The molecule has 23 heavy (non-hydrogen) atoms. The third kappa shape index (κ3) is 2.26. The number of fused-ring (bicyclic) bond motifs is 2. The Morgan fingerprint density at radius 1 is 1.26 bits per heavy atom. The summed E-state index contributed by atoms with van der Waals surface area (Å²) in [4.78, 5) is 19.5. The number of aliphatic hydroxyl groups excluding tert-OH is 1. The van der Waals surface area contributed by atoms with Crippen LogP contribution >= 0.6 is 11.8 Å². The lowest BCUT2D eigenvalue weighted by molar-refractivity contribution is -0.385. The van der Waals surface area contributed by atoms with E-state index < -0.39 is 11.2 Å². The zero-order valence-corrected chi connectivity index (χ0v) is 12.3. The molecule has 8 nitrogen and oxygen atoms in total. The number of nitro groups is 1. The van der Waals surface area contributed by atoms with Crippen LogP contribution in [0.4, 0.5) is 5.69 Å². The minimum absolute atomic E-state index is 0.0682. The lowest BCUT2D eigenvalue weighted by Gasteiger charge is -2.21. The van der Waals surface area contributed by atoms with Crippen molar-refractivity contribution in [3.05, 3.63) is 58.4 Å². The second kappa shape index (κ2) is 5.14. The molecule has 0 fully saturated rings. The summed E-state index contributed by atoms with van der Waals surface area (Å²) in [6.07, 6.45) is 2.16. The monoisotopic (exact) mass is 327 g/mol. The van der Waals surface area contributed by atoms with E-state index in [0.717, 1.165) is 10.5 Å². The molecular weight excluding hydrogens is 318 g/mol. The molecule has 3 aromatic rings. The first-order valence-corrected chi connectivity index (χ1v) is 7.46. The van der Waals surface area contributed by atoms with Crippen molar-refractivity contribution in [1.82, 2.24) is 19.7 Å². The van der Waals surface area contributed by atoms with E-state index in [4.69, 9.17) is 0 Å². The zero-order valence-electron chi connectivity index (χ0n) is 11.5. The first kappa shape index (κ1) is 13.9. The minimum Gasteiger partial charge on any atom is -0.368 e. The first-order valence-electron chi connectivity index (χ1n) is 6.64. The van der Waals surface area contributed by atoms with Gasteiger partial charge >= 0.3 is 0 Å². The number of nitro benzene ring substituents is 1. The summed E-state index contributed by atoms with van der Waals surface area (Å²) in [5, 5.41) is 26.2. The fourth-order valence-electron chi connectivity index (χ4n) is 2.34. The number of aliphatic hydroxyl groups is 1. The average molecular weight is 327 g/mol. The molecule has 0 amide bonds. The summed E-state index contributed by atoms with van der Waals surface area (Å²) in [6.45, 7) is 0. The normalized spacial score (nSPS) is 15.8. The Morgan fingerprint density at radius 2 is 2.04 bits per heavy atom. The van der Waals surface area contributed by atoms with E-state index in [0.29, 0.717) is 16.5 Å². The number of hydrogen-bond acceptors (Lipinski definition) is 7. The molecule has 3 heterocycles. The van der Waals surface area contributed by atoms with Gasteiger partial charge in [0.1, 0.15) is 0 Å². The van der Waals surface area contributed by atoms with Crippen LogP contribution in [0.1, 0.15) is 11.8 Å². The second-order valence-corrected chi connectivity index (χ2v) is 5.86. The minimum atomic E-state index is -1.11. The molecule has 4 rings (SSSR count). The lowest BCUT2D eigenvalue weighted by Crippen LogP contribution is -2.17. The van der Waals surface area contributed by atoms with Crippen molar-refractivity contribution in [1.29, 1.82) is 0 Å². The quantitative estimate of drug-likeness (QED) is 0.568. The van der Waals surface area contributed by atoms with Gasteiger partial charge in [0.15, 0.2) is 17.2 Å². The number of nitrogens with zero attached hydrogens (tertiary/aromatic N) is 5. The van der Waals surface area contributed by atoms with Crippen molar-refractivity contribution in [2.75, 3.05) is 0 Å². The molecule has 1 N–H and O–H groups in total. The number of non-ortho nitro benzene ring substituents is 1. The average Bonchev–Trinajstić information content (AvgIpc) is 3.00. The van der Waals surface area contributed by atoms with Crippen molar-refractivity contribution >= 4 is 17.4 Å². The molecule has 0 unspecified atom stereocenters. The molecule has 0 saturated heterocycles. The van der Waals surface area contributed by atoms with Gasteiger partial charge in [0.05, 0.1) is 4.92 Å². The van der Waals surface area contributed by atoms with Gasteiger partial charge in [-0.2, -0.15) is 0 Å². The van der Waals surface area contributed by atoms with Crippen molar-refractivity contribution in [3.8, 4) is 11.4 Å². The van der Waals surface area contributed by atoms with Gasteiger partial charge in [-0.25, -0.2) is 9.67 Å². The van der Waals surface area contributed by atoms with Crippen LogP contribution in [-0.2, 0) is 0 Å². The molecule has 0 radical (unpaired) electrons. The Bertz CT molecular complexity index is 912. The summed E-state index contributed by atoms with van der Waals surface area (Å²) in [7, 11) is 0. The van der Waals surface area contributed by atoms with Gasteiger partial charge in [-0.1, -0.05) is 0 Å². The maximum absolute atomic E-state index is 10.9. The molecule has 0 aliphatic carbocycles. The highest BCUT2D eigenvalue weighted by atomic mass is 32.2. The highest BCUT2D eigenvalue weighted by Crippen LogP contribution is 2.41. The Balaban J connectivity index is 1.79. The van der Waals surface area contributed by atoms with Gasteiger partial charge in [0.25, 0.3) is 5.69 Å². The van der Waals surface area contributed by atoms with Gasteiger partial charge in [0, 0.05) is 40.5 Å². The van der Waals surface area contributed by atoms with Crippen LogP contribution in [-0.4, -0.2) is 29.8 Å². The third-order valence-electron chi connectivity index (χ3n) is 3.45. The summed E-state index contributed by atoms with van der Waals surface area (Å²) >= 11 is 1.31. The second-order valence-electron chi connectivity index (χ2n) is 4.85. The van der Waals surface area contributed by atoms with Gasteiger partial charge in [-0.05, 0) is 30.0 Å². The van der Waals surface area contributed by atoms with Crippen LogP contribution < -0.4 is 0 Å². The van der Waals surface area contributed by atoms with Gasteiger partial charge < -0.3 is 5.11 Å². The van der Waals surface area contributed by atoms with Crippen LogP contribution in [0.15, 0.2) is 52.8 Å². The van der Waals surface area contributed by atoms with Crippen molar-refractivity contribution in [2.24, 2.45) is 0 Å². The van der Waals surface area contributed by atoms with Crippen molar-refractivity contribution in [2.45, 2.75) is 16.3 Å². The summed E-state index contributed by atoms with van der Waals surface area (Å²) < 4.78 is 1.37. The predicted octanol–water partition coefficient (Wildman–Crippen LogP) is 2.25. The van der Waals surface area contributed by atoms with Crippen molar-refractivity contribution < 1.29 is 10.0 Å². The van der Waals surface area contributed by atoms with Crippen LogP contribution in [0.25, 0.3) is 11.4 Å². The number of rotatable bonds is 2. The van der Waals surface area contributed by atoms with E-state index in [1.54, 1.807) is 30.6 Å². The SMILES string of the molecule is O=[N+]([O-])c1ccc2c(c1)[C@H](O)n1nc(-c3ccncc3)nc1S2. The Morgan fingerprint density at radius 3 is 2.78 bits per heavy atom. The smallest absolute Gasteiger partial charge is 0.269 e. The molecule has 1 aliphatic rings. The van der Waals surface area contributed by atoms with Crippen molar-refractivity contribution in [3.63, 3.8) is 0 Å². The fraction of sp³-hybridized carbons (Fsp3) is 0.0714. The van der Waals surface area contributed by atoms with E-state index in [-0.39, 0.29) is 5.69 Å². The summed E-state index contributed by atoms with van der Waals surface area (Å²) in [6, 6.07) is 7.94.